The molecule has 0 radical (unpaired) electrons. The van der Waals surface area contributed by atoms with Crippen molar-refractivity contribution < 1.29 is 23.8 Å². The molecular formula is C18H25O5P. The van der Waals surface area contributed by atoms with Crippen molar-refractivity contribution >= 4 is 8.15 Å². The zero-order chi connectivity index (χ0) is 17.2. The van der Waals surface area contributed by atoms with Gasteiger partial charge >= 0.3 is 0 Å². The van der Waals surface area contributed by atoms with Crippen LogP contribution in [-0.2, 0) is 31.9 Å². The summed E-state index contributed by atoms with van der Waals surface area (Å²) in [5.41, 5.74) is 1.91. The van der Waals surface area contributed by atoms with Crippen molar-refractivity contribution in [1.82, 2.24) is 0 Å². The molecule has 4 aliphatic rings. The molecule has 1 aromatic carbocycles. The smallest absolute Gasteiger partial charge is 0.173 e. The third-order valence-electron chi connectivity index (χ3n) is 5.10. The first-order valence-electron chi connectivity index (χ1n) is 8.41. The van der Waals surface area contributed by atoms with Crippen LogP contribution in [-0.4, -0.2) is 27.4 Å². The number of aliphatic hydroxyl groups excluding tert-OH is 1. The normalized spacial score (nSPS) is 46.5. The summed E-state index contributed by atoms with van der Waals surface area (Å²) >= 11 is 0. The van der Waals surface area contributed by atoms with Crippen molar-refractivity contribution in [3.05, 3.63) is 35.4 Å². The highest BCUT2D eigenvalue weighted by atomic mass is 31.1. The predicted molar refractivity (Wildman–Crippen MR) is 90.2 cm³/mol. The molecule has 4 fully saturated rings. The molecule has 4 saturated heterocycles. The number of ether oxygens (including phenoxy) is 3. The van der Waals surface area contributed by atoms with Crippen LogP contribution >= 0.6 is 8.15 Å². The molecule has 4 atom stereocenters. The summed E-state index contributed by atoms with van der Waals surface area (Å²) in [6, 6.07) is 7.82. The van der Waals surface area contributed by atoms with Gasteiger partial charge in [-0.15, -0.1) is 0 Å². The van der Waals surface area contributed by atoms with Crippen LogP contribution in [0.5, 0.6) is 0 Å². The molecule has 24 heavy (non-hydrogen) atoms. The lowest BCUT2D eigenvalue weighted by Gasteiger charge is -2.68. The first-order chi connectivity index (χ1) is 11.2. The molecule has 132 valence electrons. The molecule has 1 aromatic rings. The number of hydrogen-bond donors (Lipinski definition) is 1. The Labute approximate surface area is 144 Å². The molecule has 6 heteroatoms. The van der Waals surface area contributed by atoms with Crippen molar-refractivity contribution in [1.29, 1.82) is 0 Å². The minimum atomic E-state index is -0.981. The van der Waals surface area contributed by atoms with Crippen LogP contribution in [0.3, 0.4) is 0 Å². The zero-order valence-electron chi connectivity index (χ0n) is 14.7. The van der Waals surface area contributed by atoms with Gasteiger partial charge in [-0.3, -0.25) is 0 Å². The van der Waals surface area contributed by atoms with E-state index >= 15 is 0 Å². The minimum absolute atomic E-state index is 0.0168. The summed E-state index contributed by atoms with van der Waals surface area (Å²) in [5.74, 6) is -1.22. The first kappa shape index (κ1) is 16.9. The highest BCUT2D eigenvalue weighted by Gasteiger charge is 2.72. The lowest BCUT2D eigenvalue weighted by molar-refractivity contribution is -0.470. The second-order valence-corrected chi connectivity index (χ2v) is 10.5. The fourth-order valence-electron chi connectivity index (χ4n) is 4.82. The summed E-state index contributed by atoms with van der Waals surface area (Å²) in [6.45, 7) is 8.71. The van der Waals surface area contributed by atoms with E-state index in [4.69, 9.17) is 18.7 Å². The molecule has 0 saturated carbocycles. The Balaban J connectivity index is 1.60. The average molecular weight is 352 g/mol. The van der Waals surface area contributed by atoms with E-state index in [1.54, 1.807) is 0 Å². The van der Waals surface area contributed by atoms with Crippen molar-refractivity contribution in [3.8, 4) is 0 Å². The Morgan fingerprint density at radius 2 is 1.50 bits per heavy atom. The summed E-state index contributed by atoms with van der Waals surface area (Å²) in [7, 11) is -0.981. The lowest BCUT2D eigenvalue weighted by atomic mass is 9.98. The Kier molecular flexibility index (Phi) is 3.68. The van der Waals surface area contributed by atoms with Gasteiger partial charge in [0.15, 0.2) is 11.6 Å². The molecule has 5 nitrogen and oxygen atoms in total. The Morgan fingerprint density at radius 1 is 0.958 bits per heavy atom. The largest absolute Gasteiger partial charge is 0.392 e. The van der Waals surface area contributed by atoms with E-state index < -0.39 is 30.4 Å². The van der Waals surface area contributed by atoms with Crippen molar-refractivity contribution in [3.63, 3.8) is 0 Å². The third kappa shape index (κ3) is 2.54. The standard InChI is InChI=1S/C18H25O5P/c1-15-11-17(3)23-16(2,21-15)12-18(4,22-15)24(17)20-10-14-8-6-5-7-13(14)9-19/h5-8,19H,9-12H2,1-4H3. The van der Waals surface area contributed by atoms with Gasteiger partial charge in [0.1, 0.15) is 10.7 Å². The van der Waals surface area contributed by atoms with Gasteiger partial charge in [-0.25, -0.2) is 0 Å². The second kappa shape index (κ2) is 5.23. The van der Waals surface area contributed by atoms with Gasteiger partial charge in [0.05, 0.1) is 21.4 Å². The molecular weight excluding hydrogens is 327 g/mol. The molecule has 4 heterocycles. The monoisotopic (exact) mass is 352 g/mol. The number of rotatable bonds is 4. The maximum absolute atomic E-state index is 9.51. The number of hydrogen-bond acceptors (Lipinski definition) is 5. The van der Waals surface area contributed by atoms with Gasteiger partial charge in [-0.2, -0.15) is 0 Å². The molecule has 0 aromatic heterocycles. The summed E-state index contributed by atoms with van der Waals surface area (Å²) in [6.07, 6.45) is 1.33. The van der Waals surface area contributed by atoms with Crippen LogP contribution in [0.1, 0.15) is 51.7 Å². The zero-order valence-corrected chi connectivity index (χ0v) is 15.6. The van der Waals surface area contributed by atoms with Gasteiger partial charge in [-0.1, -0.05) is 24.3 Å². The average Bonchev–Trinajstić information content (AvgIpc) is 2.42. The Morgan fingerprint density at radius 3 is 2.04 bits per heavy atom. The van der Waals surface area contributed by atoms with Gasteiger partial charge in [0.25, 0.3) is 0 Å². The van der Waals surface area contributed by atoms with Gasteiger partial charge < -0.3 is 23.8 Å². The number of benzene rings is 1. The van der Waals surface area contributed by atoms with E-state index in [1.807, 2.05) is 38.1 Å². The molecule has 0 spiro atoms. The van der Waals surface area contributed by atoms with Gasteiger partial charge in [-0.05, 0) is 38.8 Å². The quantitative estimate of drug-likeness (QED) is 0.835. The van der Waals surface area contributed by atoms with Crippen LogP contribution in [0.25, 0.3) is 0 Å². The molecule has 0 amide bonds. The summed E-state index contributed by atoms with van der Waals surface area (Å²) in [4.78, 5) is 0. The van der Waals surface area contributed by atoms with Crippen molar-refractivity contribution in [2.75, 3.05) is 0 Å². The molecule has 4 bridgehead atoms. The Hall–Kier alpha value is -0.550. The van der Waals surface area contributed by atoms with Crippen LogP contribution in [0, 0.1) is 0 Å². The van der Waals surface area contributed by atoms with Crippen molar-refractivity contribution in [2.45, 2.75) is 76.0 Å². The second-order valence-electron chi connectivity index (χ2n) is 7.77. The maximum atomic E-state index is 9.51. The first-order valence-corrected chi connectivity index (χ1v) is 9.67. The fraction of sp³-hybridized carbons (Fsp3) is 0.667. The topological polar surface area (TPSA) is 57.2 Å². The van der Waals surface area contributed by atoms with E-state index in [2.05, 4.69) is 13.8 Å². The van der Waals surface area contributed by atoms with Gasteiger partial charge in [0, 0.05) is 12.8 Å². The maximum Gasteiger partial charge on any atom is 0.173 e. The van der Waals surface area contributed by atoms with Crippen LogP contribution in [0.2, 0.25) is 0 Å². The molecule has 4 unspecified atom stereocenters. The molecule has 4 aliphatic heterocycles. The molecule has 1 N–H and O–H groups in total. The van der Waals surface area contributed by atoms with E-state index in [1.165, 1.54) is 0 Å². The van der Waals surface area contributed by atoms with Crippen LogP contribution in [0.4, 0.5) is 0 Å². The molecule has 0 aliphatic carbocycles. The summed E-state index contributed by atoms with van der Waals surface area (Å²) in [5, 5.41) is 8.73. The van der Waals surface area contributed by atoms with Crippen molar-refractivity contribution in [2.24, 2.45) is 0 Å². The minimum Gasteiger partial charge on any atom is -0.392 e. The van der Waals surface area contributed by atoms with E-state index in [0.717, 1.165) is 11.1 Å². The molecule has 5 rings (SSSR count). The van der Waals surface area contributed by atoms with E-state index in [0.29, 0.717) is 19.4 Å². The van der Waals surface area contributed by atoms with Gasteiger partial charge in [0.2, 0.25) is 0 Å². The highest BCUT2D eigenvalue weighted by Crippen LogP contribution is 2.76. The van der Waals surface area contributed by atoms with E-state index in [-0.39, 0.29) is 6.61 Å². The number of aliphatic hydroxyl groups is 1. The predicted octanol–water partition coefficient (Wildman–Crippen LogP) is 3.83. The van der Waals surface area contributed by atoms with E-state index in [9.17, 15) is 5.11 Å². The SMILES string of the molecule is CC12CC3(C)OC(C)(CC(C)(O1)P3OCc1ccccc1CO)O2. The highest BCUT2D eigenvalue weighted by molar-refractivity contribution is 7.55. The summed E-state index contributed by atoms with van der Waals surface area (Å²) < 4.78 is 25.1. The third-order valence-corrected chi connectivity index (χ3v) is 7.70. The fourth-order valence-corrected chi connectivity index (χ4v) is 8.05. The Bertz CT molecular complexity index is 619. The van der Waals surface area contributed by atoms with Crippen LogP contribution in [0.15, 0.2) is 24.3 Å². The van der Waals surface area contributed by atoms with Crippen LogP contribution < -0.4 is 0 Å². The lowest BCUT2D eigenvalue weighted by Crippen LogP contribution is -2.71.